The predicted octanol–water partition coefficient (Wildman–Crippen LogP) is 6.65. The molecule has 3 N–H and O–H groups in total. The molecule has 1 aliphatic heterocycles. The molecule has 8 nitrogen and oxygen atoms in total. The first kappa shape index (κ1) is 36.1. The summed E-state index contributed by atoms with van der Waals surface area (Å²) < 4.78 is 19.7. The Balaban J connectivity index is 1.49. The van der Waals surface area contributed by atoms with E-state index in [0.717, 1.165) is 38.5 Å². The number of carbonyl (C=O) groups excluding carboxylic acids is 2. The molecule has 0 aromatic rings. The van der Waals surface area contributed by atoms with Gasteiger partial charge < -0.3 is 29.5 Å². The van der Waals surface area contributed by atoms with E-state index in [1.165, 1.54) is 0 Å². The number of fused-ring (bicyclic) bond motifs is 4. The number of esters is 2. The standard InChI is InChI=1S/C40H62O8/c1-12-22(3)31(43)46-29-30(47-32(44)23(4)13-2)40-26(20-34(29,5)6)39(48-33(40)45)19-15-25-36(9)17-16-27(41)35(7,8)24(36)14-18-37(25,10)38(39,11)21-28(40)42/h12-13,24-30,33,41-42,45H,14-21H2,1-11H3/b22-12-,23-13-/t24?,25?,26?,27-,28+,29-,30-,33-,36-,37+,38-,39?,40?/m0/s1. The molecule has 6 rings (SSSR count). The van der Waals surface area contributed by atoms with E-state index in [9.17, 15) is 24.9 Å². The second kappa shape index (κ2) is 11.1. The number of allylic oxidation sites excluding steroid dienone is 2. The van der Waals surface area contributed by atoms with Gasteiger partial charge in [0.15, 0.2) is 12.4 Å². The first-order chi connectivity index (χ1) is 22.2. The summed E-state index contributed by atoms with van der Waals surface area (Å²) in [6.07, 6.45) is 4.76. The van der Waals surface area contributed by atoms with Crippen LogP contribution in [0.2, 0.25) is 0 Å². The molecule has 48 heavy (non-hydrogen) atoms. The Hall–Kier alpha value is -1.74. The highest BCUT2D eigenvalue weighted by molar-refractivity contribution is 5.88. The molecule has 2 bridgehead atoms. The van der Waals surface area contributed by atoms with Gasteiger partial charge in [-0.25, -0.2) is 9.59 Å². The van der Waals surface area contributed by atoms with Crippen LogP contribution in [0.1, 0.15) is 128 Å². The lowest BCUT2D eigenvalue weighted by Gasteiger charge is -2.75. The van der Waals surface area contributed by atoms with Gasteiger partial charge in [0.05, 0.1) is 23.2 Å². The normalized spacial score (nSPS) is 50.7. The van der Waals surface area contributed by atoms with Gasteiger partial charge in [-0.05, 0) is 107 Å². The summed E-state index contributed by atoms with van der Waals surface area (Å²) in [6.45, 7) is 22.7. The molecule has 1 saturated heterocycles. The SMILES string of the molecule is C/C=C(/C)C(=O)O[C@H]1[C@H](OC(=O)/C(C)=C\C)C23C(CC1(C)C)C1(CCC4[C@@]5(C)CC[C@H](O)C(C)(C)C5CC[C@@]4(C)[C@]1(C)C[C@H]2O)O[C@@H]3O. The second-order valence-electron chi connectivity index (χ2n) is 18.7. The summed E-state index contributed by atoms with van der Waals surface area (Å²) in [6, 6.07) is 0. The van der Waals surface area contributed by atoms with Crippen LogP contribution in [0.15, 0.2) is 23.3 Å². The van der Waals surface area contributed by atoms with Gasteiger partial charge in [-0.3, -0.25) is 0 Å². The summed E-state index contributed by atoms with van der Waals surface area (Å²) in [7, 11) is 0. The topological polar surface area (TPSA) is 123 Å². The first-order valence-electron chi connectivity index (χ1n) is 18.6. The number of carbonyl (C=O) groups is 2. The summed E-state index contributed by atoms with van der Waals surface area (Å²) >= 11 is 0. The second-order valence-corrected chi connectivity index (χ2v) is 18.7. The van der Waals surface area contributed by atoms with Crippen molar-refractivity contribution in [1.29, 1.82) is 0 Å². The maximum atomic E-state index is 13.6. The van der Waals surface area contributed by atoms with Gasteiger partial charge in [-0.15, -0.1) is 0 Å². The molecule has 1 heterocycles. The monoisotopic (exact) mass is 670 g/mol. The van der Waals surface area contributed by atoms with Crippen LogP contribution in [0, 0.1) is 50.2 Å². The van der Waals surface area contributed by atoms with Crippen molar-refractivity contribution in [2.45, 2.75) is 164 Å². The first-order valence-corrected chi connectivity index (χ1v) is 18.6. The number of ether oxygens (including phenoxy) is 3. The lowest BCUT2D eigenvalue weighted by atomic mass is 9.30. The minimum atomic E-state index is -1.42. The van der Waals surface area contributed by atoms with E-state index in [-0.39, 0.29) is 28.3 Å². The Bertz CT molecular complexity index is 1410. The molecule has 0 aromatic carbocycles. The zero-order valence-electron chi connectivity index (χ0n) is 31.3. The number of rotatable bonds is 4. The molecule has 5 saturated carbocycles. The van der Waals surface area contributed by atoms with E-state index in [4.69, 9.17) is 14.2 Å². The number of hydrogen-bond donors (Lipinski definition) is 3. The molecule has 6 aliphatic rings. The summed E-state index contributed by atoms with van der Waals surface area (Å²) in [5, 5.41) is 36.1. The van der Waals surface area contributed by atoms with E-state index < -0.39 is 58.4 Å². The fourth-order valence-corrected chi connectivity index (χ4v) is 13.3. The molecule has 13 atom stereocenters. The minimum absolute atomic E-state index is 0.0227. The van der Waals surface area contributed by atoms with Gasteiger partial charge in [-0.1, -0.05) is 60.6 Å². The Kier molecular flexibility index (Phi) is 8.36. The molecule has 0 amide bonds. The molecular weight excluding hydrogens is 608 g/mol. The van der Waals surface area contributed by atoms with Crippen molar-refractivity contribution < 1.29 is 39.1 Å². The Morgan fingerprint density at radius 3 is 1.85 bits per heavy atom. The molecule has 0 aromatic heterocycles. The quantitative estimate of drug-likeness (QED) is 0.225. The van der Waals surface area contributed by atoms with E-state index in [2.05, 4.69) is 34.6 Å². The van der Waals surface area contributed by atoms with Gasteiger partial charge in [0, 0.05) is 27.9 Å². The van der Waals surface area contributed by atoms with Gasteiger partial charge in [-0.2, -0.15) is 0 Å². The zero-order valence-corrected chi connectivity index (χ0v) is 31.3. The lowest BCUT2D eigenvalue weighted by molar-refractivity contribution is -0.312. The molecule has 8 heteroatoms. The molecule has 0 radical (unpaired) electrons. The van der Waals surface area contributed by atoms with Crippen molar-refractivity contribution in [3.63, 3.8) is 0 Å². The highest BCUT2D eigenvalue weighted by Crippen LogP contribution is 2.81. The number of aliphatic hydroxyl groups is 3. The van der Waals surface area contributed by atoms with E-state index in [1.54, 1.807) is 39.8 Å². The third-order valence-electron chi connectivity index (χ3n) is 16.4. The van der Waals surface area contributed by atoms with Crippen LogP contribution >= 0.6 is 0 Å². The Morgan fingerprint density at radius 2 is 1.27 bits per heavy atom. The van der Waals surface area contributed by atoms with Crippen molar-refractivity contribution in [2.75, 3.05) is 0 Å². The van der Waals surface area contributed by atoms with Crippen molar-refractivity contribution in [3.05, 3.63) is 23.3 Å². The van der Waals surface area contributed by atoms with Gasteiger partial charge in [0.25, 0.3) is 0 Å². The molecular formula is C40H62O8. The van der Waals surface area contributed by atoms with Gasteiger partial charge >= 0.3 is 11.9 Å². The summed E-state index contributed by atoms with van der Waals surface area (Å²) in [4.78, 5) is 27.0. The maximum Gasteiger partial charge on any atom is 0.333 e. The summed E-state index contributed by atoms with van der Waals surface area (Å²) in [5.74, 6) is -0.679. The average molecular weight is 671 g/mol. The molecule has 5 aliphatic carbocycles. The fraction of sp³-hybridized carbons (Fsp3) is 0.850. The van der Waals surface area contributed by atoms with Crippen molar-refractivity contribution in [1.82, 2.24) is 0 Å². The average Bonchev–Trinajstić information content (AvgIpc) is 3.21. The number of hydrogen-bond acceptors (Lipinski definition) is 8. The largest absolute Gasteiger partial charge is 0.454 e. The third kappa shape index (κ3) is 4.27. The van der Waals surface area contributed by atoms with Crippen molar-refractivity contribution in [2.24, 2.45) is 50.2 Å². The van der Waals surface area contributed by atoms with Crippen molar-refractivity contribution in [3.8, 4) is 0 Å². The third-order valence-corrected chi connectivity index (χ3v) is 16.4. The van der Waals surface area contributed by atoms with Crippen LogP contribution in [-0.2, 0) is 23.8 Å². The van der Waals surface area contributed by atoms with Gasteiger partial charge in [0.1, 0.15) is 6.10 Å². The fourth-order valence-electron chi connectivity index (χ4n) is 13.3. The van der Waals surface area contributed by atoms with E-state index in [0.29, 0.717) is 35.8 Å². The zero-order chi connectivity index (χ0) is 35.6. The van der Waals surface area contributed by atoms with Crippen LogP contribution in [0.5, 0.6) is 0 Å². The van der Waals surface area contributed by atoms with Gasteiger partial charge in [0.2, 0.25) is 0 Å². The number of aliphatic hydroxyl groups excluding tert-OH is 3. The Labute approximate surface area is 288 Å². The van der Waals surface area contributed by atoms with E-state index in [1.807, 2.05) is 13.8 Å². The van der Waals surface area contributed by atoms with Crippen LogP contribution < -0.4 is 0 Å². The highest BCUT2D eigenvalue weighted by Gasteiger charge is 2.85. The minimum Gasteiger partial charge on any atom is -0.454 e. The Morgan fingerprint density at radius 1 is 0.708 bits per heavy atom. The molecule has 1 spiro atoms. The lowest BCUT2D eigenvalue weighted by Crippen LogP contribution is -2.77. The smallest absolute Gasteiger partial charge is 0.333 e. The van der Waals surface area contributed by atoms with Crippen LogP contribution in [0.4, 0.5) is 0 Å². The van der Waals surface area contributed by atoms with Crippen LogP contribution in [0.3, 0.4) is 0 Å². The predicted molar refractivity (Wildman–Crippen MR) is 182 cm³/mol. The van der Waals surface area contributed by atoms with Crippen LogP contribution in [0.25, 0.3) is 0 Å². The highest BCUT2D eigenvalue weighted by atomic mass is 16.6. The molecule has 270 valence electrons. The molecule has 5 unspecified atom stereocenters. The maximum absolute atomic E-state index is 13.6. The molecule has 6 fully saturated rings. The van der Waals surface area contributed by atoms with Crippen molar-refractivity contribution >= 4 is 11.9 Å². The van der Waals surface area contributed by atoms with E-state index >= 15 is 0 Å². The summed E-state index contributed by atoms with van der Waals surface area (Å²) in [5.41, 5.74) is -2.87. The van der Waals surface area contributed by atoms with Crippen LogP contribution in [-0.4, -0.2) is 63.6 Å².